The molecule has 0 aromatic heterocycles. The van der Waals surface area contributed by atoms with E-state index in [4.69, 9.17) is 9.84 Å². The second-order valence-electron chi connectivity index (χ2n) is 3.19. The average Bonchev–Trinajstić information content (AvgIpc) is 2.13. The quantitative estimate of drug-likeness (QED) is 0.682. The third kappa shape index (κ3) is 6.38. The Bertz CT molecular complexity index is 217. The number of esters is 1. The number of carboxylic acid groups (broad SMARTS) is 1. The number of thioether (sulfide) groups is 1. The van der Waals surface area contributed by atoms with Gasteiger partial charge in [0, 0.05) is 5.25 Å². The molecule has 0 fully saturated rings. The molecule has 2 atom stereocenters. The van der Waals surface area contributed by atoms with E-state index in [9.17, 15) is 9.59 Å². The molecule has 0 aliphatic rings. The molecular weight excluding hydrogens is 216 g/mol. The van der Waals surface area contributed by atoms with Crippen molar-refractivity contribution in [2.75, 3.05) is 6.61 Å². The zero-order valence-corrected chi connectivity index (χ0v) is 10.2. The second-order valence-corrected chi connectivity index (χ2v) is 4.84. The van der Waals surface area contributed by atoms with E-state index in [-0.39, 0.29) is 22.9 Å². The SMILES string of the molecule is CCOC(=O)C(CC)SC(C)CC(=O)O. The maximum Gasteiger partial charge on any atom is 0.319 e. The average molecular weight is 234 g/mol. The smallest absolute Gasteiger partial charge is 0.319 e. The van der Waals surface area contributed by atoms with Gasteiger partial charge in [-0.1, -0.05) is 13.8 Å². The normalized spacial score (nSPS) is 14.3. The van der Waals surface area contributed by atoms with Crippen molar-refractivity contribution in [3.63, 3.8) is 0 Å². The molecular formula is C10H18O4S. The summed E-state index contributed by atoms with van der Waals surface area (Å²) in [7, 11) is 0. The molecule has 2 unspecified atom stereocenters. The summed E-state index contributed by atoms with van der Waals surface area (Å²) in [6.07, 6.45) is 0.730. The summed E-state index contributed by atoms with van der Waals surface area (Å²) in [5.41, 5.74) is 0. The molecule has 4 nitrogen and oxygen atoms in total. The number of rotatable bonds is 7. The third-order valence-electron chi connectivity index (χ3n) is 1.78. The summed E-state index contributed by atoms with van der Waals surface area (Å²) >= 11 is 1.37. The fraction of sp³-hybridized carbons (Fsp3) is 0.800. The predicted octanol–water partition coefficient (Wildman–Crippen LogP) is 1.92. The molecule has 0 heterocycles. The van der Waals surface area contributed by atoms with Gasteiger partial charge in [-0.2, -0.15) is 0 Å². The Morgan fingerprint density at radius 1 is 1.40 bits per heavy atom. The van der Waals surface area contributed by atoms with Gasteiger partial charge in [-0.25, -0.2) is 0 Å². The van der Waals surface area contributed by atoms with E-state index in [2.05, 4.69) is 0 Å². The van der Waals surface area contributed by atoms with Gasteiger partial charge in [-0.15, -0.1) is 11.8 Å². The Labute approximate surface area is 94.4 Å². The van der Waals surface area contributed by atoms with Gasteiger partial charge in [0.25, 0.3) is 0 Å². The lowest BCUT2D eigenvalue weighted by molar-refractivity contribution is -0.142. The fourth-order valence-corrected chi connectivity index (χ4v) is 2.30. The summed E-state index contributed by atoms with van der Waals surface area (Å²) in [5, 5.41) is 8.26. The molecule has 0 aromatic rings. The van der Waals surface area contributed by atoms with Crippen molar-refractivity contribution in [2.45, 2.75) is 44.1 Å². The first-order valence-electron chi connectivity index (χ1n) is 5.05. The fourth-order valence-electron chi connectivity index (χ4n) is 1.13. The van der Waals surface area contributed by atoms with Gasteiger partial charge in [0.1, 0.15) is 5.25 Å². The minimum atomic E-state index is -0.839. The van der Waals surface area contributed by atoms with Crippen LogP contribution in [0.25, 0.3) is 0 Å². The van der Waals surface area contributed by atoms with Gasteiger partial charge in [0.05, 0.1) is 13.0 Å². The van der Waals surface area contributed by atoms with Crippen LogP contribution in [-0.2, 0) is 14.3 Å². The lowest BCUT2D eigenvalue weighted by atomic mass is 10.3. The van der Waals surface area contributed by atoms with E-state index < -0.39 is 5.97 Å². The van der Waals surface area contributed by atoms with Crippen LogP contribution in [0.15, 0.2) is 0 Å². The van der Waals surface area contributed by atoms with Crippen LogP contribution in [0.5, 0.6) is 0 Å². The highest BCUT2D eigenvalue weighted by atomic mass is 32.2. The summed E-state index contributed by atoms with van der Waals surface area (Å²) in [6.45, 7) is 5.82. The summed E-state index contributed by atoms with van der Waals surface area (Å²) in [4.78, 5) is 21.9. The molecule has 0 aromatic carbocycles. The molecule has 0 saturated carbocycles. The number of aliphatic carboxylic acids is 1. The van der Waals surface area contributed by atoms with Crippen molar-refractivity contribution in [1.82, 2.24) is 0 Å². The zero-order valence-electron chi connectivity index (χ0n) is 9.36. The minimum absolute atomic E-state index is 0.0700. The minimum Gasteiger partial charge on any atom is -0.481 e. The van der Waals surface area contributed by atoms with Gasteiger partial charge in [0.2, 0.25) is 0 Å². The zero-order chi connectivity index (χ0) is 11.8. The van der Waals surface area contributed by atoms with E-state index in [1.165, 1.54) is 11.8 Å². The lowest BCUT2D eigenvalue weighted by Gasteiger charge is -2.16. The molecule has 0 radical (unpaired) electrons. The Kier molecular flexibility index (Phi) is 7.21. The van der Waals surface area contributed by atoms with E-state index in [0.29, 0.717) is 13.0 Å². The Balaban J connectivity index is 4.08. The number of carboxylic acids is 1. The lowest BCUT2D eigenvalue weighted by Crippen LogP contribution is -2.22. The maximum absolute atomic E-state index is 11.4. The van der Waals surface area contributed by atoms with Crippen LogP contribution >= 0.6 is 11.8 Å². The van der Waals surface area contributed by atoms with Crippen LogP contribution in [-0.4, -0.2) is 34.2 Å². The third-order valence-corrected chi connectivity index (χ3v) is 3.26. The predicted molar refractivity (Wildman–Crippen MR) is 60.0 cm³/mol. The highest BCUT2D eigenvalue weighted by Gasteiger charge is 2.22. The molecule has 0 aliphatic carbocycles. The highest BCUT2D eigenvalue weighted by Crippen LogP contribution is 2.23. The molecule has 0 aliphatic heterocycles. The van der Waals surface area contributed by atoms with Gasteiger partial charge in [-0.3, -0.25) is 9.59 Å². The van der Waals surface area contributed by atoms with Crippen LogP contribution in [0.4, 0.5) is 0 Å². The van der Waals surface area contributed by atoms with Crippen LogP contribution in [0.3, 0.4) is 0 Å². The molecule has 0 rings (SSSR count). The Morgan fingerprint density at radius 3 is 2.40 bits per heavy atom. The largest absolute Gasteiger partial charge is 0.481 e. The topological polar surface area (TPSA) is 63.6 Å². The highest BCUT2D eigenvalue weighted by molar-refractivity contribution is 8.01. The molecule has 0 spiro atoms. The van der Waals surface area contributed by atoms with Crippen LogP contribution in [0.2, 0.25) is 0 Å². The van der Waals surface area contributed by atoms with Crippen molar-refractivity contribution in [2.24, 2.45) is 0 Å². The van der Waals surface area contributed by atoms with E-state index in [0.717, 1.165) is 0 Å². The molecule has 5 heteroatoms. The van der Waals surface area contributed by atoms with E-state index >= 15 is 0 Å². The summed E-state index contributed by atoms with van der Waals surface area (Å²) < 4.78 is 4.89. The number of ether oxygens (including phenoxy) is 1. The first-order valence-corrected chi connectivity index (χ1v) is 5.99. The van der Waals surface area contributed by atoms with Crippen molar-refractivity contribution in [1.29, 1.82) is 0 Å². The van der Waals surface area contributed by atoms with E-state index in [1.807, 2.05) is 6.92 Å². The maximum atomic E-state index is 11.4. The van der Waals surface area contributed by atoms with Crippen molar-refractivity contribution >= 4 is 23.7 Å². The molecule has 15 heavy (non-hydrogen) atoms. The van der Waals surface area contributed by atoms with Crippen molar-refractivity contribution < 1.29 is 19.4 Å². The van der Waals surface area contributed by atoms with Gasteiger partial charge in [-0.05, 0) is 13.3 Å². The van der Waals surface area contributed by atoms with Crippen molar-refractivity contribution in [3.05, 3.63) is 0 Å². The van der Waals surface area contributed by atoms with E-state index in [1.54, 1.807) is 13.8 Å². The first-order chi connectivity index (χ1) is 7.01. The van der Waals surface area contributed by atoms with Gasteiger partial charge in [0.15, 0.2) is 0 Å². The molecule has 0 bridgehead atoms. The van der Waals surface area contributed by atoms with Gasteiger partial charge < -0.3 is 9.84 Å². The Morgan fingerprint density at radius 2 is 2.00 bits per heavy atom. The number of hydrogen-bond acceptors (Lipinski definition) is 4. The standard InChI is InChI=1S/C10H18O4S/c1-4-8(10(13)14-5-2)15-7(3)6-9(11)12/h7-8H,4-6H2,1-3H3,(H,11,12). The summed E-state index contributed by atoms with van der Waals surface area (Å²) in [5.74, 6) is -1.09. The molecule has 0 saturated heterocycles. The molecule has 88 valence electrons. The van der Waals surface area contributed by atoms with Crippen molar-refractivity contribution in [3.8, 4) is 0 Å². The van der Waals surface area contributed by atoms with Crippen LogP contribution in [0, 0.1) is 0 Å². The number of hydrogen-bond donors (Lipinski definition) is 1. The van der Waals surface area contributed by atoms with Crippen LogP contribution in [0.1, 0.15) is 33.6 Å². The monoisotopic (exact) mass is 234 g/mol. The molecule has 0 amide bonds. The second kappa shape index (κ2) is 7.56. The summed E-state index contributed by atoms with van der Waals surface area (Å²) in [6, 6.07) is 0. The first kappa shape index (κ1) is 14.3. The molecule has 1 N–H and O–H groups in total. The van der Waals surface area contributed by atoms with Crippen LogP contribution < -0.4 is 0 Å². The van der Waals surface area contributed by atoms with Gasteiger partial charge >= 0.3 is 11.9 Å². The number of carbonyl (C=O) groups excluding carboxylic acids is 1. The number of carbonyl (C=O) groups is 2. The Hall–Kier alpha value is -0.710.